The fraction of sp³-hybridized carbons (Fsp3) is 0. The predicted molar refractivity (Wildman–Crippen MR) is 55.4 cm³/mol. The molecule has 0 aliphatic heterocycles. The molecule has 2 aromatic rings. The molecular formula is C12H7FN2O. The van der Waals surface area contributed by atoms with E-state index in [1.165, 1.54) is 30.5 Å². The maximum Gasteiger partial charge on any atom is 0.145 e. The van der Waals surface area contributed by atoms with Crippen LogP contribution in [0.1, 0.15) is 5.69 Å². The molecule has 0 saturated carbocycles. The number of nitrogens with zero attached hydrogens (tertiary/aromatic N) is 2. The molecule has 0 unspecified atom stereocenters. The van der Waals surface area contributed by atoms with Crippen LogP contribution in [0.5, 0.6) is 11.5 Å². The third-order valence-corrected chi connectivity index (χ3v) is 1.90. The van der Waals surface area contributed by atoms with E-state index in [9.17, 15) is 4.39 Å². The van der Waals surface area contributed by atoms with Crippen LogP contribution >= 0.6 is 0 Å². The Hall–Kier alpha value is -2.41. The third-order valence-electron chi connectivity index (χ3n) is 1.90. The lowest BCUT2D eigenvalue weighted by Gasteiger charge is -2.04. The van der Waals surface area contributed by atoms with Gasteiger partial charge in [0.2, 0.25) is 0 Å². The Morgan fingerprint density at radius 2 is 1.75 bits per heavy atom. The summed E-state index contributed by atoms with van der Waals surface area (Å²) in [5.74, 6) is 0.712. The van der Waals surface area contributed by atoms with E-state index in [0.717, 1.165) is 0 Å². The van der Waals surface area contributed by atoms with Gasteiger partial charge in [-0.2, -0.15) is 5.26 Å². The zero-order valence-electron chi connectivity index (χ0n) is 8.22. The summed E-state index contributed by atoms with van der Waals surface area (Å²) in [6.07, 6.45) is 1.45. The lowest BCUT2D eigenvalue weighted by Crippen LogP contribution is -1.87. The molecule has 0 bridgehead atoms. The molecule has 0 N–H and O–H groups in total. The molecule has 0 spiro atoms. The first-order chi connectivity index (χ1) is 7.78. The highest BCUT2D eigenvalue weighted by molar-refractivity contribution is 5.32. The van der Waals surface area contributed by atoms with Crippen LogP contribution in [0.15, 0.2) is 42.6 Å². The van der Waals surface area contributed by atoms with Crippen molar-refractivity contribution < 1.29 is 9.13 Å². The average Bonchev–Trinajstić information content (AvgIpc) is 2.33. The van der Waals surface area contributed by atoms with Crippen molar-refractivity contribution in [1.29, 1.82) is 5.26 Å². The second kappa shape index (κ2) is 4.41. The normalized spacial score (nSPS) is 9.50. The maximum absolute atomic E-state index is 12.6. The SMILES string of the molecule is N#Cc1ccc(Oc2ccc(F)cc2)cn1. The molecule has 0 aliphatic rings. The van der Waals surface area contributed by atoms with Gasteiger partial charge < -0.3 is 4.74 Å². The summed E-state index contributed by atoms with van der Waals surface area (Å²) in [5.41, 5.74) is 0.325. The van der Waals surface area contributed by atoms with Gasteiger partial charge in [0, 0.05) is 0 Å². The first kappa shape index (κ1) is 10.1. The standard InChI is InChI=1S/C12H7FN2O/c13-9-1-4-11(5-2-9)16-12-6-3-10(7-14)15-8-12/h1-6,8H. The van der Waals surface area contributed by atoms with Crippen molar-refractivity contribution in [2.45, 2.75) is 0 Å². The summed E-state index contributed by atoms with van der Waals surface area (Å²) in [7, 11) is 0. The molecule has 0 atom stereocenters. The summed E-state index contributed by atoms with van der Waals surface area (Å²) < 4.78 is 18.0. The van der Waals surface area contributed by atoms with Gasteiger partial charge >= 0.3 is 0 Å². The average molecular weight is 214 g/mol. The van der Waals surface area contributed by atoms with Gasteiger partial charge in [-0.3, -0.25) is 0 Å². The Kier molecular flexibility index (Phi) is 2.79. The van der Waals surface area contributed by atoms with Crippen LogP contribution in [0.3, 0.4) is 0 Å². The number of ether oxygens (including phenoxy) is 1. The van der Waals surface area contributed by atoms with Crippen LogP contribution < -0.4 is 4.74 Å². The summed E-state index contributed by atoms with van der Waals surface area (Å²) in [6, 6.07) is 10.8. The maximum atomic E-state index is 12.6. The van der Waals surface area contributed by atoms with Crippen molar-refractivity contribution in [3.05, 3.63) is 54.1 Å². The number of halogens is 1. The van der Waals surface area contributed by atoms with Crippen molar-refractivity contribution in [2.75, 3.05) is 0 Å². The van der Waals surface area contributed by atoms with Gasteiger partial charge in [0.15, 0.2) is 0 Å². The quantitative estimate of drug-likeness (QED) is 0.772. The molecule has 1 aromatic carbocycles. The van der Waals surface area contributed by atoms with Crippen molar-refractivity contribution in [3.63, 3.8) is 0 Å². The van der Waals surface area contributed by atoms with E-state index in [2.05, 4.69) is 4.98 Å². The van der Waals surface area contributed by atoms with Crippen LogP contribution in [0, 0.1) is 17.1 Å². The molecule has 3 nitrogen and oxygen atoms in total. The molecule has 2 rings (SSSR count). The minimum Gasteiger partial charge on any atom is -0.456 e. The molecule has 0 amide bonds. The Bertz CT molecular complexity index is 514. The second-order valence-corrected chi connectivity index (χ2v) is 3.05. The van der Waals surface area contributed by atoms with Gasteiger partial charge in [0.25, 0.3) is 0 Å². The van der Waals surface area contributed by atoms with E-state index < -0.39 is 0 Å². The lowest BCUT2D eigenvalue weighted by atomic mass is 10.3. The van der Waals surface area contributed by atoms with Crippen molar-refractivity contribution in [2.24, 2.45) is 0 Å². The van der Waals surface area contributed by atoms with Crippen molar-refractivity contribution >= 4 is 0 Å². The zero-order valence-corrected chi connectivity index (χ0v) is 8.22. The third kappa shape index (κ3) is 2.34. The van der Waals surface area contributed by atoms with Gasteiger partial charge in [-0.15, -0.1) is 0 Å². The first-order valence-corrected chi connectivity index (χ1v) is 4.57. The molecule has 78 valence electrons. The van der Waals surface area contributed by atoms with Crippen LogP contribution in [0.4, 0.5) is 4.39 Å². The monoisotopic (exact) mass is 214 g/mol. The van der Waals surface area contributed by atoms with Crippen molar-refractivity contribution in [1.82, 2.24) is 4.98 Å². The number of hydrogen-bond donors (Lipinski definition) is 0. The number of benzene rings is 1. The molecule has 0 radical (unpaired) electrons. The van der Waals surface area contributed by atoms with Gasteiger partial charge in [-0.25, -0.2) is 9.37 Å². The summed E-state index contributed by atoms with van der Waals surface area (Å²) in [6.45, 7) is 0. The number of hydrogen-bond acceptors (Lipinski definition) is 3. The van der Waals surface area contributed by atoms with E-state index in [4.69, 9.17) is 10.00 Å². The molecule has 0 saturated heterocycles. The highest BCUT2D eigenvalue weighted by Gasteiger charge is 1.98. The predicted octanol–water partition coefficient (Wildman–Crippen LogP) is 2.88. The Labute approximate surface area is 91.7 Å². The first-order valence-electron chi connectivity index (χ1n) is 4.57. The molecule has 16 heavy (non-hydrogen) atoms. The van der Waals surface area contributed by atoms with Crippen LogP contribution in [0.25, 0.3) is 0 Å². The molecule has 0 aliphatic carbocycles. The number of rotatable bonds is 2. The van der Waals surface area contributed by atoms with E-state index in [0.29, 0.717) is 17.2 Å². The van der Waals surface area contributed by atoms with Gasteiger partial charge in [0.05, 0.1) is 6.20 Å². The molecule has 1 heterocycles. The van der Waals surface area contributed by atoms with Crippen molar-refractivity contribution in [3.8, 4) is 17.6 Å². The smallest absolute Gasteiger partial charge is 0.145 e. The Morgan fingerprint density at radius 1 is 1.06 bits per heavy atom. The highest BCUT2D eigenvalue weighted by atomic mass is 19.1. The highest BCUT2D eigenvalue weighted by Crippen LogP contribution is 2.20. The van der Waals surface area contributed by atoms with E-state index in [-0.39, 0.29) is 5.82 Å². The summed E-state index contributed by atoms with van der Waals surface area (Å²) in [5, 5.41) is 8.55. The molecule has 1 aromatic heterocycles. The second-order valence-electron chi connectivity index (χ2n) is 3.05. The summed E-state index contributed by atoms with van der Waals surface area (Å²) in [4.78, 5) is 3.85. The topological polar surface area (TPSA) is 45.9 Å². The lowest BCUT2D eigenvalue weighted by molar-refractivity contribution is 0.478. The number of pyridine rings is 1. The largest absolute Gasteiger partial charge is 0.456 e. The fourth-order valence-corrected chi connectivity index (χ4v) is 1.15. The molecular weight excluding hydrogens is 207 g/mol. The van der Waals surface area contributed by atoms with Gasteiger partial charge in [0.1, 0.15) is 29.1 Å². The van der Waals surface area contributed by atoms with Gasteiger partial charge in [-0.1, -0.05) is 0 Å². The fourth-order valence-electron chi connectivity index (χ4n) is 1.15. The Morgan fingerprint density at radius 3 is 2.31 bits per heavy atom. The number of nitriles is 1. The van der Waals surface area contributed by atoms with E-state index in [1.807, 2.05) is 6.07 Å². The summed E-state index contributed by atoms with van der Waals surface area (Å²) >= 11 is 0. The minimum absolute atomic E-state index is 0.315. The van der Waals surface area contributed by atoms with Crippen LogP contribution in [0.2, 0.25) is 0 Å². The van der Waals surface area contributed by atoms with Crippen LogP contribution in [-0.4, -0.2) is 4.98 Å². The number of aromatic nitrogens is 1. The zero-order chi connectivity index (χ0) is 11.4. The van der Waals surface area contributed by atoms with E-state index in [1.54, 1.807) is 12.1 Å². The molecule has 0 fully saturated rings. The Balaban J connectivity index is 2.15. The van der Waals surface area contributed by atoms with Gasteiger partial charge in [-0.05, 0) is 36.4 Å². The minimum atomic E-state index is -0.315. The molecule has 4 heteroatoms. The van der Waals surface area contributed by atoms with E-state index >= 15 is 0 Å². The van der Waals surface area contributed by atoms with Crippen LogP contribution in [-0.2, 0) is 0 Å².